The molecule has 0 bridgehead atoms. The van der Waals surface area contributed by atoms with Gasteiger partial charge in [-0.15, -0.1) is 0 Å². The maximum Gasteiger partial charge on any atom is 0.225 e. The molecule has 1 aromatic rings. The molecule has 1 N–H and O–H groups in total. The van der Waals surface area contributed by atoms with Crippen LogP contribution in [0.1, 0.15) is 12.0 Å². The van der Waals surface area contributed by atoms with Crippen molar-refractivity contribution in [2.24, 2.45) is 5.92 Å². The molecule has 1 saturated heterocycles. The average molecular weight is 303 g/mol. The number of hydrogen-bond acceptors (Lipinski definition) is 3. The first-order chi connectivity index (χ1) is 10.5. The van der Waals surface area contributed by atoms with Crippen LogP contribution in [0.2, 0.25) is 0 Å². The Hall–Kier alpha value is -1.88. The summed E-state index contributed by atoms with van der Waals surface area (Å²) in [6.07, 6.45) is 1.11. The van der Waals surface area contributed by atoms with Crippen LogP contribution in [0, 0.1) is 5.92 Å². The summed E-state index contributed by atoms with van der Waals surface area (Å²) in [5.41, 5.74) is 1.20. The van der Waals surface area contributed by atoms with Gasteiger partial charge in [0.15, 0.2) is 0 Å². The first kappa shape index (κ1) is 16.5. The molecular formula is C17H25N3O2. The van der Waals surface area contributed by atoms with Crippen molar-refractivity contribution < 1.29 is 9.59 Å². The van der Waals surface area contributed by atoms with Crippen molar-refractivity contribution in [2.75, 3.05) is 34.2 Å². The third-order valence-electron chi connectivity index (χ3n) is 3.97. The van der Waals surface area contributed by atoms with Crippen molar-refractivity contribution in [1.82, 2.24) is 15.1 Å². The normalized spacial score (nSPS) is 19.5. The number of nitrogens with one attached hydrogen (secondary N) is 1. The molecule has 0 radical (unpaired) electrons. The van der Waals surface area contributed by atoms with Crippen molar-refractivity contribution >= 4 is 11.8 Å². The van der Waals surface area contributed by atoms with E-state index < -0.39 is 0 Å². The monoisotopic (exact) mass is 303 g/mol. The van der Waals surface area contributed by atoms with E-state index in [-0.39, 0.29) is 23.8 Å². The van der Waals surface area contributed by atoms with E-state index in [4.69, 9.17) is 0 Å². The fourth-order valence-electron chi connectivity index (χ4n) is 2.86. The van der Waals surface area contributed by atoms with Gasteiger partial charge in [0, 0.05) is 32.6 Å². The minimum atomic E-state index is -0.224. The second-order valence-electron chi connectivity index (χ2n) is 6.33. The molecule has 0 saturated carbocycles. The first-order valence-corrected chi connectivity index (χ1v) is 7.68. The number of amides is 2. The quantitative estimate of drug-likeness (QED) is 0.844. The first-order valence-electron chi connectivity index (χ1n) is 7.68. The minimum Gasteiger partial charge on any atom is -0.351 e. The second kappa shape index (κ2) is 7.40. The molecule has 1 aromatic carbocycles. The number of nitrogens with zero attached hydrogens (tertiary/aromatic N) is 2. The molecule has 5 heteroatoms. The van der Waals surface area contributed by atoms with Gasteiger partial charge in [0.2, 0.25) is 11.8 Å². The van der Waals surface area contributed by atoms with Crippen LogP contribution >= 0.6 is 0 Å². The van der Waals surface area contributed by atoms with Crippen molar-refractivity contribution in [1.29, 1.82) is 0 Å². The number of carbonyl (C=O) groups excluding carboxylic acids is 2. The Kier molecular flexibility index (Phi) is 5.55. The summed E-state index contributed by atoms with van der Waals surface area (Å²) in [7, 11) is 5.74. The van der Waals surface area contributed by atoms with Crippen LogP contribution < -0.4 is 5.32 Å². The predicted octanol–water partition coefficient (Wildman–Crippen LogP) is 0.754. The van der Waals surface area contributed by atoms with E-state index in [0.717, 1.165) is 13.0 Å². The van der Waals surface area contributed by atoms with Gasteiger partial charge < -0.3 is 15.1 Å². The molecule has 0 spiro atoms. The molecular weight excluding hydrogens is 278 g/mol. The molecule has 1 heterocycles. The summed E-state index contributed by atoms with van der Waals surface area (Å²) in [5.74, 6) is -0.189. The molecule has 22 heavy (non-hydrogen) atoms. The molecule has 0 aliphatic carbocycles. The Morgan fingerprint density at radius 1 is 1.36 bits per heavy atom. The van der Waals surface area contributed by atoms with Gasteiger partial charge in [0.1, 0.15) is 0 Å². The fraction of sp³-hybridized carbons (Fsp3) is 0.529. The van der Waals surface area contributed by atoms with E-state index in [2.05, 4.69) is 22.3 Å². The van der Waals surface area contributed by atoms with Crippen molar-refractivity contribution in [2.45, 2.75) is 18.9 Å². The second-order valence-corrected chi connectivity index (χ2v) is 6.33. The van der Waals surface area contributed by atoms with Crippen molar-refractivity contribution in [3.8, 4) is 0 Å². The summed E-state index contributed by atoms with van der Waals surface area (Å²) in [6, 6.07) is 10.2. The molecule has 2 atom stereocenters. The topological polar surface area (TPSA) is 52.7 Å². The van der Waals surface area contributed by atoms with Gasteiger partial charge >= 0.3 is 0 Å². The number of carbonyl (C=O) groups is 2. The van der Waals surface area contributed by atoms with E-state index in [0.29, 0.717) is 13.0 Å². The van der Waals surface area contributed by atoms with Gasteiger partial charge in [-0.05, 0) is 26.1 Å². The molecule has 2 amide bonds. The Bertz CT molecular complexity index is 516. The molecule has 120 valence electrons. The Morgan fingerprint density at radius 2 is 2.05 bits per heavy atom. The van der Waals surface area contributed by atoms with Crippen LogP contribution in [-0.2, 0) is 16.0 Å². The van der Waals surface area contributed by atoms with Crippen LogP contribution in [0.3, 0.4) is 0 Å². The van der Waals surface area contributed by atoms with Gasteiger partial charge in [-0.1, -0.05) is 30.3 Å². The van der Waals surface area contributed by atoms with Crippen LogP contribution in [-0.4, -0.2) is 61.9 Å². The van der Waals surface area contributed by atoms with E-state index >= 15 is 0 Å². The summed E-state index contributed by atoms with van der Waals surface area (Å²) in [5, 5.41) is 3.12. The Balaban J connectivity index is 1.97. The zero-order valence-electron chi connectivity index (χ0n) is 13.6. The zero-order valence-corrected chi connectivity index (χ0v) is 13.6. The number of likely N-dealkylation sites (tertiary alicyclic amines) is 1. The number of benzene rings is 1. The fourth-order valence-corrected chi connectivity index (χ4v) is 2.86. The number of hydrogen-bond donors (Lipinski definition) is 1. The summed E-state index contributed by atoms with van der Waals surface area (Å²) in [6.45, 7) is 1.29. The number of rotatable bonds is 6. The van der Waals surface area contributed by atoms with Gasteiger partial charge in [-0.2, -0.15) is 0 Å². The lowest BCUT2D eigenvalue weighted by Crippen LogP contribution is -2.45. The Labute approximate surface area is 132 Å². The van der Waals surface area contributed by atoms with Crippen molar-refractivity contribution in [3.63, 3.8) is 0 Å². The maximum atomic E-state index is 12.4. The zero-order chi connectivity index (χ0) is 16.1. The third-order valence-corrected chi connectivity index (χ3v) is 3.97. The average Bonchev–Trinajstić information content (AvgIpc) is 2.79. The molecule has 1 aliphatic heterocycles. The third kappa shape index (κ3) is 4.56. The van der Waals surface area contributed by atoms with Crippen LogP contribution in [0.25, 0.3) is 0 Å². The van der Waals surface area contributed by atoms with Gasteiger partial charge in [-0.25, -0.2) is 0 Å². The highest BCUT2D eigenvalue weighted by Crippen LogP contribution is 2.16. The van der Waals surface area contributed by atoms with Gasteiger partial charge in [0.05, 0.1) is 5.92 Å². The highest BCUT2D eigenvalue weighted by Gasteiger charge is 2.32. The molecule has 1 aliphatic rings. The van der Waals surface area contributed by atoms with Gasteiger partial charge in [-0.3, -0.25) is 9.59 Å². The van der Waals surface area contributed by atoms with E-state index in [9.17, 15) is 9.59 Å². The Morgan fingerprint density at radius 3 is 2.59 bits per heavy atom. The lowest BCUT2D eigenvalue weighted by atomic mass is 10.0. The molecule has 0 unspecified atom stereocenters. The summed E-state index contributed by atoms with van der Waals surface area (Å²) >= 11 is 0. The lowest BCUT2D eigenvalue weighted by molar-refractivity contribution is -0.128. The van der Waals surface area contributed by atoms with E-state index in [1.807, 2.05) is 32.3 Å². The molecule has 1 fully saturated rings. The smallest absolute Gasteiger partial charge is 0.225 e. The summed E-state index contributed by atoms with van der Waals surface area (Å²) in [4.78, 5) is 27.7. The maximum absolute atomic E-state index is 12.4. The highest BCUT2D eigenvalue weighted by molar-refractivity contribution is 5.89. The standard InChI is InChI=1S/C17H25N3O2/c1-19(2)12-15(9-13-7-5-4-6-8-13)18-17(22)14-10-16(21)20(3)11-14/h4-8,14-15H,9-12H2,1-3H3,(H,18,22)/t14-,15+/m0/s1. The summed E-state index contributed by atoms with van der Waals surface area (Å²) < 4.78 is 0. The highest BCUT2D eigenvalue weighted by atomic mass is 16.2. The van der Waals surface area contributed by atoms with Crippen molar-refractivity contribution in [3.05, 3.63) is 35.9 Å². The van der Waals surface area contributed by atoms with Crippen LogP contribution in [0.4, 0.5) is 0 Å². The lowest BCUT2D eigenvalue weighted by Gasteiger charge is -2.24. The molecule has 2 rings (SSSR count). The predicted molar refractivity (Wildman–Crippen MR) is 86.4 cm³/mol. The minimum absolute atomic E-state index is 0.0134. The largest absolute Gasteiger partial charge is 0.351 e. The van der Waals surface area contributed by atoms with Crippen LogP contribution in [0.5, 0.6) is 0 Å². The molecule has 0 aromatic heterocycles. The van der Waals surface area contributed by atoms with E-state index in [1.165, 1.54) is 5.56 Å². The van der Waals surface area contributed by atoms with Crippen LogP contribution in [0.15, 0.2) is 30.3 Å². The molecule has 5 nitrogen and oxygen atoms in total. The SMILES string of the molecule is CN(C)C[C@@H](Cc1ccccc1)NC(=O)[C@H]1CC(=O)N(C)C1. The van der Waals surface area contributed by atoms with E-state index in [1.54, 1.807) is 11.9 Å². The number of likely N-dealkylation sites (N-methyl/N-ethyl adjacent to an activating group) is 1. The van der Waals surface area contributed by atoms with Gasteiger partial charge in [0.25, 0.3) is 0 Å².